The smallest absolute Gasteiger partial charge is 0.0635 e. The molecule has 0 saturated heterocycles. The lowest BCUT2D eigenvalue weighted by Crippen LogP contribution is -2.31. The van der Waals surface area contributed by atoms with E-state index in [0.717, 1.165) is 10.2 Å². The van der Waals surface area contributed by atoms with Crippen molar-refractivity contribution in [3.63, 3.8) is 0 Å². The second kappa shape index (κ2) is 5.69. The number of nitrogens with one attached hydrogen (secondary N) is 1. The van der Waals surface area contributed by atoms with Gasteiger partial charge in [-0.15, -0.1) is 0 Å². The van der Waals surface area contributed by atoms with E-state index in [1.807, 2.05) is 18.2 Å². The lowest BCUT2D eigenvalue weighted by Gasteiger charge is -2.23. The molecule has 1 saturated carbocycles. The Labute approximate surface area is 105 Å². The SMILES string of the molecule is OCC(Nc1cccc(Br)c1)C1CCCC1. The fourth-order valence-corrected chi connectivity index (χ4v) is 2.86. The minimum Gasteiger partial charge on any atom is -0.394 e. The van der Waals surface area contributed by atoms with Crippen LogP contribution in [-0.4, -0.2) is 17.8 Å². The van der Waals surface area contributed by atoms with Crippen molar-refractivity contribution in [2.45, 2.75) is 31.7 Å². The number of rotatable bonds is 4. The van der Waals surface area contributed by atoms with Crippen LogP contribution in [0, 0.1) is 5.92 Å². The van der Waals surface area contributed by atoms with Crippen LogP contribution in [0.4, 0.5) is 5.69 Å². The second-order valence-electron chi connectivity index (χ2n) is 4.49. The average Bonchev–Trinajstić information content (AvgIpc) is 2.79. The summed E-state index contributed by atoms with van der Waals surface area (Å²) in [6.45, 7) is 0.219. The van der Waals surface area contributed by atoms with Crippen LogP contribution in [0.5, 0.6) is 0 Å². The summed E-state index contributed by atoms with van der Waals surface area (Å²) >= 11 is 3.46. The molecule has 1 fully saturated rings. The highest BCUT2D eigenvalue weighted by Crippen LogP contribution is 2.29. The van der Waals surface area contributed by atoms with Gasteiger partial charge in [-0.3, -0.25) is 0 Å². The van der Waals surface area contributed by atoms with Crippen molar-refractivity contribution in [3.8, 4) is 0 Å². The van der Waals surface area contributed by atoms with E-state index in [9.17, 15) is 5.11 Å². The number of benzene rings is 1. The number of anilines is 1. The van der Waals surface area contributed by atoms with E-state index in [2.05, 4.69) is 27.3 Å². The van der Waals surface area contributed by atoms with Gasteiger partial charge in [0.05, 0.1) is 12.6 Å². The summed E-state index contributed by atoms with van der Waals surface area (Å²) in [7, 11) is 0. The fourth-order valence-electron chi connectivity index (χ4n) is 2.46. The molecule has 1 aliphatic carbocycles. The molecule has 0 aliphatic heterocycles. The molecule has 0 amide bonds. The third kappa shape index (κ3) is 2.98. The standard InChI is InChI=1S/C13H18BrNO/c14-11-6-3-7-12(8-11)15-13(9-16)10-4-1-2-5-10/h3,6-8,10,13,15-16H,1-2,4-5,9H2. The van der Waals surface area contributed by atoms with E-state index in [0.29, 0.717) is 5.92 Å². The first-order valence-corrected chi connectivity index (χ1v) is 6.72. The maximum Gasteiger partial charge on any atom is 0.0635 e. The van der Waals surface area contributed by atoms with E-state index in [-0.39, 0.29) is 12.6 Å². The third-order valence-corrected chi connectivity index (χ3v) is 3.84. The summed E-state index contributed by atoms with van der Waals surface area (Å²) < 4.78 is 1.07. The molecule has 3 heteroatoms. The van der Waals surface area contributed by atoms with Gasteiger partial charge in [-0.2, -0.15) is 0 Å². The van der Waals surface area contributed by atoms with Crippen LogP contribution in [0.15, 0.2) is 28.7 Å². The Hall–Kier alpha value is -0.540. The molecular weight excluding hydrogens is 266 g/mol. The fraction of sp³-hybridized carbons (Fsp3) is 0.538. The molecule has 16 heavy (non-hydrogen) atoms. The first kappa shape index (κ1) is 11.9. The number of hydrogen-bond donors (Lipinski definition) is 2. The van der Waals surface area contributed by atoms with E-state index in [1.54, 1.807) is 0 Å². The zero-order valence-electron chi connectivity index (χ0n) is 9.32. The van der Waals surface area contributed by atoms with Gasteiger partial charge in [-0.05, 0) is 37.0 Å². The first-order valence-electron chi connectivity index (χ1n) is 5.92. The van der Waals surface area contributed by atoms with Gasteiger partial charge in [0.25, 0.3) is 0 Å². The second-order valence-corrected chi connectivity index (χ2v) is 5.40. The Morgan fingerprint density at radius 3 is 2.75 bits per heavy atom. The largest absolute Gasteiger partial charge is 0.394 e. The van der Waals surface area contributed by atoms with Gasteiger partial charge in [0.1, 0.15) is 0 Å². The maximum absolute atomic E-state index is 9.44. The molecule has 0 heterocycles. The van der Waals surface area contributed by atoms with Crippen LogP contribution in [0.1, 0.15) is 25.7 Å². The number of aliphatic hydroxyl groups excluding tert-OH is 1. The van der Waals surface area contributed by atoms with Crippen molar-refractivity contribution in [2.24, 2.45) is 5.92 Å². The quantitative estimate of drug-likeness (QED) is 0.888. The van der Waals surface area contributed by atoms with Crippen molar-refractivity contribution in [1.29, 1.82) is 0 Å². The van der Waals surface area contributed by atoms with Crippen LogP contribution in [0.25, 0.3) is 0 Å². The Bertz CT molecular complexity index is 336. The van der Waals surface area contributed by atoms with Crippen LogP contribution < -0.4 is 5.32 Å². The molecule has 2 N–H and O–H groups in total. The molecule has 0 bridgehead atoms. The summed E-state index contributed by atoms with van der Waals surface area (Å²) in [5.74, 6) is 0.629. The zero-order valence-corrected chi connectivity index (χ0v) is 10.9. The van der Waals surface area contributed by atoms with Crippen molar-refractivity contribution in [1.82, 2.24) is 0 Å². The molecular formula is C13H18BrNO. The summed E-state index contributed by atoms with van der Waals surface area (Å²) in [5, 5.41) is 12.9. The van der Waals surface area contributed by atoms with Crippen LogP contribution >= 0.6 is 15.9 Å². The lowest BCUT2D eigenvalue weighted by molar-refractivity contribution is 0.238. The summed E-state index contributed by atoms with van der Waals surface area (Å²) in [6, 6.07) is 8.32. The molecule has 1 aromatic carbocycles. The van der Waals surface area contributed by atoms with Gasteiger partial charge in [-0.25, -0.2) is 0 Å². The van der Waals surface area contributed by atoms with Crippen LogP contribution in [0.2, 0.25) is 0 Å². The first-order chi connectivity index (χ1) is 7.79. The van der Waals surface area contributed by atoms with Gasteiger partial charge in [-0.1, -0.05) is 34.8 Å². The van der Waals surface area contributed by atoms with Gasteiger partial charge >= 0.3 is 0 Å². The molecule has 0 aromatic heterocycles. The number of halogens is 1. The summed E-state index contributed by atoms with van der Waals surface area (Å²) in [5.41, 5.74) is 1.08. The summed E-state index contributed by atoms with van der Waals surface area (Å²) in [4.78, 5) is 0. The molecule has 1 atom stereocenters. The van der Waals surface area contributed by atoms with Gasteiger partial charge < -0.3 is 10.4 Å². The molecule has 1 aromatic rings. The highest BCUT2D eigenvalue weighted by atomic mass is 79.9. The zero-order chi connectivity index (χ0) is 11.4. The molecule has 2 rings (SSSR count). The molecule has 1 unspecified atom stereocenters. The van der Waals surface area contributed by atoms with E-state index in [1.165, 1.54) is 25.7 Å². The third-order valence-electron chi connectivity index (χ3n) is 3.34. The number of hydrogen-bond acceptors (Lipinski definition) is 2. The Kier molecular flexibility index (Phi) is 4.24. The minimum atomic E-state index is 0.205. The van der Waals surface area contributed by atoms with Crippen molar-refractivity contribution in [3.05, 3.63) is 28.7 Å². The van der Waals surface area contributed by atoms with Gasteiger partial charge in [0, 0.05) is 10.2 Å². The minimum absolute atomic E-state index is 0.205. The predicted octanol–water partition coefficient (Wildman–Crippen LogP) is 3.41. The molecule has 0 spiro atoms. The van der Waals surface area contributed by atoms with E-state index in [4.69, 9.17) is 0 Å². The van der Waals surface area contributed by atoms with E-state index >= 15 is 0 Å². The van der Waals surface area contributed by atoms with Crippen molar-refractivity contribution >= 4 is 21.6 Å². The average molecular weight is 284 g/mol. The molecule has 1 aliphatic rings. The lowest BCUT2D eigenvalue weighted by atomic mass is 9.98. The van der Waals surface area contributed by atoms with Gasteiger partial charge in [0.2, 0.25) is 0 Å². The van der Waals surface area contributed by atoms with Crippen molar-refractivity contribution < 1.29 is 5.11 Å². The number of aliphatic hydroxyl groups is 1. The molecule has 0 radical (unpaired) electrons. The Morgan fingerprint density at radius 2 is 2.12 bits per heavy atom. The molecule has 2 nitrogen and oxygen atoms in total. The van der Waals surface area contributed by atoms with Crippen LogP contribution in [0.3, 0.4) is 0 Å². The van der Waals surface area contributed by atoms with Crippen LogP contribution in [-0.2, 0) is 0 Å². The Balaban J connectivity index is 2.00. The summed E-state index contributed by atoms with van der Waals surface area (Å²) in [6.07, 6.45) is 5.10. The topological polar surface area (TPSA) is 32.3 Å². The molecule has 88 valence electrons. The Morgan fingerprint density at radius 1 is 1.38 bits per heavy atom. The maximum atomic E-state index is 9.44. The van der Waals surface area contributed by atoms with Crippen molar-refractivity contribution in [2.75, 3.05) is 11.9 Å². The monoisotopic (exact) mass is 283 g/mol. The highest BCUT2D eigenvalue weighted by molar-refractivity contribution is 9.10. The van der Waals surface area contributed by atoms with E-state index < -0.39 is 0 Å². The van der Waals surface area contributed by atoms with Gasteiger partial charge in [0.15, 0.2) is 0 Å². The predicted molar refractivity (Wildman–Crippen MR) is 70.6 cm³/mol. The normalized spacial score (nSPS) is 18.6. The highest BCUT2D eigenvalue weighted by Gasteiger charge is 2.24.